The molecule has 0 aromatic carbocycles. The van der Waals surface area contributed by atoms with Crippen LogP contribution in [0.4, 0.5) is 0 Å². The average Bonchev–Trinajstić information content (AvgIpc) is 2.03. The van der Waals surface area contributed by atoms with E-state index in [9.17, 15) is 0 Å². The molecule has 0 nitrogen and oxygen atoms in total. The quantitative estimate of drug-likeness (QED) is 0.551. The van der Waals surface area contributed by atoms with Gasteiger partial charge in [-0.3, -0.25) is 0 Å². The molecule has 0 aliphatic heterocycles. The largest absolute Gasteiger partial charge is 0.0877 e. The van der Waals surface area contributed by atoms with Gasteiger partial charge in [0.05, 0.1) is 0 Å². The molecule has 0 heteroatoms. The molecular weight excluding hydrogens is 144 g/mol. The van der Waals surface area contributed by atoms with Gasteiger partial charge in [0.1, 0.15) is 0 Å². The average molecular weight is 164 g/mol. The van der Waals surface area contributed by atoms with Gasteiger partial charge in [-0.25, -0.2) is 0 Å². The van der Waals surface area contributed by atoms with Crippen molar-refractivity contribution < 1.29 is 0 Å². The van der Waals surface area contributed by atoms with E-state index in [4.69, 9.17) is 0 Å². The van der Waals surface area contributed by atoms with E-state index in [-0.39, 0.29) is 0 Å². The van der Waals surface area contributed by atoms with Crippen LogP contribution in [-0.2, 0) is 0 Å². The Morgan fingerprint density at radius 3 is 2.08 bits per heavy atom. The van der Waals surface area contributed by atoms with Gasteiger partial charge in [0.25, 0.3) is 0 Å². The topological polar surface area (TPSA) is 0 Å². The Morgan fingerprint density at radius 2 is 1.67 bits per heavy atom. The van der Waals surface area contributed by atoms with Crippen molar-refractivity contribution in [2.45, 2.75) is 34.6 Å². The van der Waals surface area contributed by atoms with Crippen molar-refractivity contribution in [2.75, 3.05) is 0 Å². The highest BCUT2D eigenvalue weighted by molar-refractivity contribution is 5.25. The molecule has 0 bridgehead atoms. The standard InChI is InChI=1S/C12H20/c1-6-7-8-9-11(4)12(5)10(2)3/h6-10H,1-5H3/b7-6-,9-8-,12-11-. The van der Waals surface area contributed by atoms with Gasteiger partial charge >= 0.3 is 0 Å². The zero-order chi connectivity index (χ0) is 9.56. The summed E-state index contributed by atoms with van der Waals surface area (Å²) >= 11 is 0. The van der Waals surface area contributed by atoms with Crippen molar-refractivity contribution in [3.63, 3.8) is 0 Å². The first-order valence-electron chi connectivity index (χ1n) is 4.56. The second-order valence-electron chi connectivity index (χ2n) is 3.41. The number of rotatable bonds is 3. The van der Waals surface area contributed by atoms with Gasteiger partial charge in [0.15, 0.2) is 0 Å². The van der Waals surface area contributed by atoms with Crippen LogP contribution in [0, 0.1) is 5.92 Å². The number of allylic oxidation sites excluding steroid dienone is 6. The van der Waals surface area contributed by atoms with E-state index in [2.05, 4.69) is 45.9 Å². The summed E-state index contributed by atoms with van der Waals surface area (Å²) in [5.74, 6) is 0.653. The van der Waals surface area contributed by atoms with Gasteiger partial charge in [0, 0.05) is 0 Å². The third kappa shape index (κ3) is 4.17. The molecule has 0 amide bonds. The maximum absolute atomic E-state index is 2.22. The normalized spacial score (nSPS) is 14.8. The fourth-order valence-corrected chi connectivity index (χ4v) is 0.898. The van der Waals surface area contributed by atoms with Crippen molar-refractivity contribution in [2.24, 2.45) is 5.92 Å². The lowest BCUT2D eigenvalue weighted by molar-refractivity contribution is 0.760. The van der Waals surface area contributed by atoms with E-state index >= 15 is 0 Å². The van der Waals surface area contributed by atoms with Gasteiger partial charge in [-0.15, -0.1) is 0 Å². The molecule has 0 unspecified atom stereocenters. The summed E-state index contributed by atoms with van der Waals surface area (Å²) in [6.45, 7) is 10.8. The molecule has 12 heavy (non-hydrogen) atoms. The first kappa shape index (κ1) is 11.2. The molecule has 0 spiro atoms. The molecule has 0 atom stereocenters. The molecule has 0 aliphatic carbocycles. The van der Waals surface area contributed by atoms with Crippen LogP contribution in [0.1, 0.15) is 34.6 Å². The van der Waals surface area contributed by atoms with Crippen LogP contribution in [0.5, 0.6) is 0 Å². The van der Waals surface area contributed by atoms with E-state index in [1.165, 1.54) is 11.1 Å². The highest BCUT2D eigenvalue weighted by atomic mass is 14.0. The zero-order valence-electron chi connectivity index (χ0n) is 8.89. The maximum Gasteiger partial charge on any atom is -0.0257 e. The van der Waals surface area contributed by atoms with Gasteiger partial charge in [-0.2, -0.15) is 0 Å². The minimum absolute atomic E-state index is 0.653. The van der Waals surface area contributed by atoms with Crippen molar-refractivity contribution in [3.05, 3.63) is 35.5 Å². The molecular formula is C12H20. The van der Waals surface area contributed by atoms with Crippen LogP contribution in [-0.4, -0.2) is 0 Å². The van der Waals surface area contributed by atoms with Crippen molar-refractivity contribution in [1.29, 1.82) is 0 Å². The second-order valence-corrected chi connectivity index (χ2v) is 3.41. The number of hydrogen-bond acceptors (Lipinski definition) is 0. The highest BCUT2D eigenvalue weighted by Crippen LogP contribution is 2.14. The summed E-state index contributed by atoms with van der Waals surface area (Å²) < 4.78 is 0. The minimum atomic E-state index is 0.653. The second kappa shape index (κ2) is 5.82. The summed E-state index contributed by atoms with van der Waals surface area (Å²) in [5.41, 5.74) is 2.85. The Balaban J connectivity index is 4.36. The van der Waals surface area contributed by atoms with Crippen LogP contribution in [0.2, 0.25) is 0 Å². The summed E-state index contributed by atoms with van der Waals surface area (Å²) in [6.07, 6.45) is 8.34. The molecule has 0 radical (unpaired) electrons. The fraction of sp³-hybridized carbons (Fsp3) is 0.500. The lowest BCUT2D eigenvalue weighted by Crippen LogP contribution is -1.91. The molecule has 0 fully saturated rings. The first-order chi connectivity index (χ1) is 5.59. The lowest BCUT2D eigenvalue weighted by Gasteiger charge is -2.07. The SMILES string of the molecule is C\C=C/C=C\C(C)=C(\C)C(C)C. The minimum Gasteiger partial charge on any atom is -0.0877 e. The molecule has 0 saturated heterocycles. The van der Waals surface area contributed by atoms with Crippen molar-refractivity contribution in [3.8, 4) is 0 Å². The van der Waals surface area contributed by atoms with Crippen LogP contribution in [0.15, 0.2) is 35.5 Å². The van der Waals surface area contributed by atoms with Crippen molar-refractivity contribution in [1.82, 2.24) is 0 Å². The molecule has 0 saturated carbocycles. The smallest absolute Gasteiger partial charge is 0.0257 e. The van der Waals surface area contributed by atoms with E-state index in [0.717, 1.165) is 0 Å². The van der Waals surface area contributed by atoms with E-state index in [1.807, 2.05) is 13.0 Å². The zero-order valence-corrected chi connectivity index (χ0v) is 8.89. The summed E-state index contributed by atoms with van der Waals surface area (Å²) in [4.78, 5) is 0. The molecule has 68 valence electrons. The fourth-order valence-electron chi connectivity index (χ4n) is 0.898. The monoisotopic (exact) mass is 164 g/mol. The van der Waals surface area contributed by atoms with Gasteiger partial charge in [-0.05, 0) is 26.7 Å². The maximum atomic E-state index is 2.22. The van der Waals surface area contributed by atoms with E-state index in [0.29, 0.717) is 5.92 Å². The predicted octanol–water partition coefficient (Wildman–Crippen LogP) is 4.11. The molecule has 0 heterocycles. The Bertz CT molecular complexity index is 202. The van der Waals surface area contributed by atoms with Crippen LogP contribution in [0.25, 0.3) is 0 Å². The molecule has 0 aliphatic rings. The molecule has 0 aromatic heterocycles. The van der Waals surface area contributed by atoms with E-state index < -0.39 is 0 Å². The Morgan fingerprint density at radius 1 is 1.08 bits per heavy atom. The summed E-state index contributed by atoms with van der Waals surface area (Å²) in [5, 5.41) is 0. The first-order valence-corrected chi connectivity index (χ1v) is 4.56. The number of hydrogen-bond donors (Lipinski definition) is 0. The predicted molar refractivity (Wildman–Crippen MR) is 57.2 cm³/mol. The third-order valence-electron chi connectivity index (χ3n) is 2.14. The van der Waals surface area contributed by atoms with Crippen molar-refractivity contribution >= 4 is 0 Å². The molecule has 0 rings (SSSR count). The lowest BCUT2D eigenvalue weighted by atomic mass is 10.00. The Kier molecular flexibility index (Phi) is 5.44. The molecule has 0 N–H and O–H groups in total. The summed E-state index contributed by atoms with van der Waals surface area (Å²) in [6, 6.07) is 0. The van der Waals surface area contributed by atoms with Crippen LogP contribution in [0.3, 0.4) is 0 Å². The highest BCUT2D eigenvalue weighted by Gasteiger charge is 1.97. The van der Waals surface area contributed by atoms with Gasteiger partial charge in [0.2, 0.25) is 0 Å². The third-order valence-corrected chi connectivity index (χ3v) is 2.14. The Labute approximate surface area is 76.7 Å². The Hall–Kier alpha value is -0.780. The summed E-state index contributed by atoms with van der Waals surface area (Å²) in [7, 11) is 0. The van der Waals surface area contributed by atoms with E-state index in [1.54, 1.807) is 0 Å². The van der Waals surface area contributed by atoms with Crippen LogP contribution >= 0.6 is 0 Å². The van der Waals surface area contributed by atoms with Crippen LogP contribution < -0.4 is 0 Å². The van der Waals surface area contributed by atoms with Gasteiger partial charge in [-0.1, -0.05) is 49.3 Å². The molecule has 0 aromatic rings. The van der Waals surface area contributed by atoms with Gasteiger partial charge < -0.3 is 0 Å².